The van der Waals surface area contributed by atoms with Crippen LogP contribution < -0.4 is 9.80 Å². The first-order chi connectivity index (χ1) is 15.0. The third-order valence-corrected chi connectivity index (χ3v) is 6.01. The number of fused-ring (bicyclic) bond motifs is 1. The van der Waals surface area contributed by atoms with Crippen LogP contribution in [0.4, 0.5) is 11.4 Å². The Morgan fingerprint density at radius 1 is 1.06 bits per heavy atom. The van der Waals surface area contributed by atoms with E-state index in [1.54, 1.807) is 46.5 Å². The zero-order valence-electron chi connectivity index (χ0n) is 17.5. The number of carbonyl (C=O) groups excluding carboxylic acids is 2. The van der Waals surface area contributed by atoms with Gasteiger partial charge in [0, 0.05) is 46.9 Å². The number of aromatic nitrogens is 1. The molecule has 0 spiro atoms. The molecule has 0 radical (unpaired) electrons. The SMILES string of the molecule is CCN(C(=O)[C@H]1C[C@H](C)N(C(=O)c2ccncc2)c2ccccc21)c1ccc(Cl)cc1. The highest BCUT2D eigenvalue weighted by Crippen LogP contribution is 2.40. The molecule has 0 unspecified atom stereocenters. The summed E-state index contributed by atoms with van der Waals surface area (Å²) >= 11 is 6.03. The number of hydrogen-bond donors (Lipinski definition) is 0. The summed E-state index contributed by atoms with van der Waals surface area (Å²) in [6.45, 7) is 4.50. The van der Waals surface area contributed by atoms with Crippen LogP contribution in [-0.2, 0) is 4.79 Å². The van der Waals surface area contributed by atoms with Crippen LogP contribution in [0.3, 0.4) is 0 Å². The van der Waals surface area contributed by atoms with Gasteiger partial charge in [0.25, 0.3) is 5.91 Å². The van der Waals surface area contributed by atoms with E-state index in [1.807, 2.05) is 50.2 Å². The van der Waals surface area contributed by atoms with Crippen molar-refractivity contribution in [1.29, 1.82) is 0 Å². The number of para-hydroxylation sites is 1. The monoisotopic (exact) mass is 433 g/mol. The van der Waals surface area contributed by atoms with E-state index >= 15 is 0 Å². The molecule has 3 aromatic rings. The number of pyridine rings is 1. The summed E-state index contributed by atoms with van der Waals surface area (Å²) in [6, 6.07) is 18.3. The smallest absolute Gasteiger partial charge is 0.258 e. The Kier molecular flexibility index (Phi) is 6.05. The maximum absolute atomic E-state index is 13.7. The van der Waals surface area contributed by atoms with Gasteiger partial charge in [0.05, 0.1) is 5.92 Å². The van der Waals surface area contributed by atoms with Crippen LogP contribution in [0.25, 0.3) is 0 Å². The molecule has 4 rings (SSSR count). The molecule has 6 heteroatoms. The third kappa shape index (κ3) is 4.06. The summed E-state index contributed by atoms with van der Waals surface area (Å²) in [7, 11) is 0. The summed E-state index contributed by atoms with van der Waals surface area (Å²) in [5.41, 5.74) is 3.06. The van der Waals surface area contributed by atoms with Crippen LogP contribution in [0.1, 0.15) is 42.1 Å². The van der Waals surface area contributed by atoms with Crippen LogP contribution in [0.2, 0.25) is 5.02 Å². The molecule has 0 saturated heterocycles. The molecule has 1 aromatic heterocycles. The van der Waals surface area contributed by atoms with Crippen molar-refractivity contribution in [3.8, 4) is 0 Å². The first-order valence-electron chi connectivity index (χ1n) is 10.4. The summed E-state index contributed by atoms with van der Waals surface area (Å²) in [5, 5.41) is 0.633. The molecule has 0 aliphatic carbocycles. The molecule has 2 aromatic carbocycles. The number of anilines is 2. The number of amides is 2. The number of hydrogen-bond acceptors (Lipinski definition) is 3. The lowest BCUT2D eigenvalue weighted by Gasteiger charge is -2.40. The van der Waals surface area contributed by atoms with Gasteiger partial charge >= 0.3 is 0 Å². The highest BCUT2D eigenvalue weighted by Gasteiger charge is 2.38. The fraction of sp³-hybridized carbons (Fsp3) is 0.240. The lowest BCUT2D eigenvalue weighted by Crippen LogP contribution is -2.46. The van der Waals surface area contributed by atoms with Gasteiger partial charge in [-0.25, -0.2) is 0 Å². The summed E-state index contributed by atoms with van der Waals surface area (Å²) in [4.78, 5) is 34.5. The lowest BCUT2D eigenvalue weighted by atomic mass is 9.84. The number of nitrogens with zero attached hydrogens (tertiary/aromatic N) is 3. The fourth-order valence-corrected chi connectivity index (χ4v) is 4.39. The Balaban J connectivity index is 1.70. The molecule has 2 atom stereocenters. The maximum Gasteiger partial charge on any atom is 0.258 e. The molecule has 2 amide bonds. The Bertz CT molecular complexity index is 1090. The van der Waals surface area contributed by atoms with Crippen LogP contribution in [-0.4, -0.2) is 29.4 Å². The maximum atomic E-state index is 13.7. The second-order valence-electron chi connectivity index (χ2n) is 7.67. The van der Waals surface area contributed by atoms with Crippen molar-refractivity contribution < 1.29 is 9.59 Å². The largest absolute Gasteiger partial charge is 0.312 e. The second-order valence-corrected chi connectivity index (χ2v) is 8.10. The standard InChI is InChI=1S/C25H24ClN3O2/c1-3-28(20-10-8-19(26)9-11-20)25(31)22-16-17(2)29(23-7-5-4-6-21(22)23)24(30)18-12-14-27-15-13-18/h4-15,17,22H,3,16H2,1-2H3/t17-,22-/m0/s1. The van der Waals surface area contributed by atoms with Gasteiger partial charge in [-0.2, -0.15) is 0 Å². The van der Waals surface area contributed by atoms with Crippen molar-refractivity contribution in [3.63, 3.8) is 0 Å². The fourth-order valence-electron chi connectivity index (χ4n) is 4.26. The van der Waals surface area contributed by atoms with E-state index < -0.39 is 0 Å². The van der Waals surface area contributed by atoms with Crippen LogP contribution in [0.5, 0.6) is 0 Å². The Labute approximate surface area is 187 Å². The van der Waals surface area contributed by atoms with Crippen molar-refractivity contribution in [2.24, 2.45) is 0 Å². The van der Waals surface area contributed by atoms with E-state index in [-0.39, 0.29) is 23.8 Å². The lowest BCUT2D eigenvalue weighted by molar-refractivity contribution is -0.120. The molecule has 0 fully saturated rings. The zero-order chi connectivity index (χ0) is 22.0. The molecular weight excluding hydrogens is 410 g/mol. The first kappa shape index (κ1) is 21.1. The molecule has 5 nitrogen and oxygen atoms in total. The normalized spacial score (nSPS) is 17.7. The second kappa shape index (κ2) is 8.90. The van der Waals surface area contributed by atoms with Crippen LogP contribution in [0, 0.1) is 0 Å². The molecule has 1 aliphatic heterocycles. The topological polar surface area (TPSA) is 53.5 Å². The quantitative estimate of drug-likeness (QED) is 0.560. The zero-order valence-corrected chi connectivity index (χ0v) is 18.3. The van der Waals surface area contributed by atoms with E-state index in [1.165, 1.54) is 0 Å². The Morgan fingerprint density at radius 3 is 2.42 bits per heavy atom. The molecule has 0 bridgehead atoms. The highest BCUT2D eigenvalue weighted by atomic mass is 35.5. The predicted molar refractivity (Wildman–Crippen MR) is 124 cm³/mol. The molecule has 1 aliphatic rings. The minimum absolute atomic E-state index is 0.0279. The molecule has 0 saturated carbocycles. The average Bonchev–Trinajstić information content (AvgIpc) is 2.80. The Morgan fingerprint density at radius 2 is 1.74 bits per heavy atom. The average molecular weight is 434 g/mol. The van der Waals surface area contributed by atoms with Crippen molar-refractivity contribution in [3.05, 3.63) is 89.2 Å². The molecule has 0 N–H and O–H groups in total. The molecule has 158 valence electrons. The molecule has 31 heavy (non-hydrogen) atoms. The van der Waals surface area contributed by atoms with Gasteiger partial charge in [-0.05, 0) is 68.3 Å². The number of carbonyl (C=O) groups is 2. The van der Waals surface area contributed by atoms with Gasteiger partial charge < -0.3 is 9.80 Å². The predicted octanol–water partition coefficient (Wildman–Crippen LogP) is 5.31. The van der Waals surface area contributed by atoms with Crippen molar-refractivity contribution in [1.82, 2.24) is 4.98 Å². The van der Waals surface area contributed by atoms with Gasteiger partial charge in [0.15, 0.2) is 0 Å². The minimum Gasteiger partial charge on any atom is -0.312 e. The molecule has 2 heterocycles. The number of benzene rings is 2. The number of halogens is 1. The van der Waals surface area contributed by atoms with Gasteiger partial charge in [-0.1, -0.05) is 29.8 Å². The van der Waals surface area contributed by atoms with Gasteiger partial charge in [-0.3, -0.25) is 14.6 Å². The van der Waals surface area contributed by atoms with E-state index in [0.717, 1.165) is 16.9 Å². The number of likely N-dealkylation sites (N-methyl/N-ethyl adjacent to an activating group) is 1. The summed E-state index contributed by atoms with van der Waals surface area (Å²) in [5.74, 6) is -0.387. The number of rotatable bonds is 4. The van der Waals surface area contributed by atoms with Crippen LogP contribution >= 0.6 is 11.6 Å². The molecular formula is C25H24ClN3O2. The van der Waals surface area contributed by atoms with E-state index in [0.29, 0.717) is 23.6 Å². The summed E-state index contributed by atoms with van der Waals surface area (Å²) in [6.07, 6.45) is 3.79. The van der Waals surface area contributed by atoms with Crippen molar-refractivity contribution >= 4 is 34.8 Å². The third-order valence-electron chi connectivity index (χ3n) is 5.75. The van der Waals surface area contributed by atoms with Gasteiger partial charge in [0.2, 0.25) is 5.91 Å². The van der Waals surface area contributed by atoms with E-state index in [4.69, 9.17) is 11.6 Å². The van der Waals surface area contributed by atoms with E-state index in [9.17, 15) is 9.59 Å². The van der Waals surface area contributed by atoms with E-state index in [2.05, 4.69) is 4.98 Å². The summed E-state index contributed by atoms with van der Waals surface area (Å²) < 4.78 is 0. The minimum atomic E-state index is -0.330. The van der Waals surface area contributed by atoms with Crippen molar-refractivity contribution in [2.75, 3.05) is 16.3 Å². The Hall–Kier alpha value is -3.18. The van der Waals surface area contributed by atoms with Gasteiger partial charge in [-0.15, -0.1) is 0 Å². The first-order valence-corrected chi connectivity index (χ1v) is 10.8. The van der Waals surface area contributed by atoms with Crippen LogP contribution in [0.15, 0.2) is 73.1 Å². The van der Waals surface area contributed by atoms with Crippen molar-refractivity contribution in [2.45, 2.75) is 32.2 Å². The van der Waals surface area contributed by atoms with Gasteiger partial charge in [0.1, 0.15) is 0 Å². The highest BCUT2D eigenvalue weighted by molar-refractivity contribution is 6.30.